The van der Waals surface area contributed by atoms with E-state index in [0.717, 1.165) is 35.9 Å². The lowest BCUT2D eigenvalue weighted by Crippen LogP contribution is -2.33. The van der Waals surface area contributed by atoms with Crippen molar-refractivity contribution in [2.24, 2.45) is 0 Å². The van der Waals surface area contributed by atoms with E-state index in [1.807, 2.05) is 19.1 Å². The predicted octanol–water partition coefficient (Wildman–Crippen LogP) is 5.30. The lowest BCUT2D eigenvalue weighted by atomic mass is 9.99. The largest absolute Gasteiger partial charge is 0.416 e. The first-order valence-electron chi connectivity index (χ1n) is 10.3. The van der Waals surface area contributed by atoms with Gasteiger partial charge in [-0.3, -0.25) is 4.79 Å². The van der Waals surface area contributed by atoms with Crippen molar-refractivity contribution in [2.75, 3.05) is 6.61 Å². The molecule has 1 atom stereocenters. The van der Waals surface area contributed by atoms with Gasteiger partial charge < -0.3 is 10.4 Å². The fourth-order valence-corrected chi connectivity index (χ4v) is 3.68. The van der Waals surface area contributed by atoms with E-state index < -0.39 is 11.7 Å². The number of aliphatic hydroxyl groups excluding tert-OH is 1. The molecule has 2 aromatic carbocycles. The third kappa shape index (κ3) is 4.71. The molecule has 1 aromatic heterocycles. The molecule has 0 radical (unpaired) electrons. The number of carbonyl (C=O) groups is 1. The molecule has 31 heavy (non-hydrogen) atoms. The van der Waals surface area contributed by atoms with E-state index >= 15 is 0 Å². The number of benzene rings is 2. The minimum atomic E-state index is -4.38. The Balaban J connectivity index is 1.72. The van der Waals surface area contributed by atoms with Crippen LogP contribution in [0.5, 0.6) is 0 Å². The molecular formula is C24H23F3N2O2. The molecule has 0 bridgehead atoms. The van der Waals surface area contributed by atoms with Crippen LogP contribution in [0.4, 0.5) is 13.2 Å². The Hall–Kier alpha value is -2.93. The Labute approximate surface area is 178 Å². The summed E-state index contributed by atoms with van der Waals surface area (Å²) in [6.45, 7) is 1.81. The van der Waals surface area contributed by atoms with Crippen molar-refractivity contribution in [3.05, 3.63) is 65.2 Å². The highest BCUT2D eigenvalue weighted by atomic mass is 19.4. The molecule has 1 heterocycles. The molecule has 1 aliphatic rings. The van der Waals surface area contributed by atoms with Crippen LogP contribution in [0.1, 0.15) is 53.6 Å². The summed E-state index contributed by atoms with van der Waals surface area (Å²) < 4.78 is 38.7. The highest BCUT2D eigenvalue weighted by molar-refractivity contribution is 5.99. The summed E-state index contributed by atoms with van der Waals surface area (Å²) in [4.78, 5) is 17.2. The van der Waals surface area contributed by atoms with E-state index in [1.54, 1.807) is 12.1 Å². The first-order valence-corrected chi connectivity index (χ1v) is 10.3. The van der Waals surface area contributed by atoms with Crippen molar-refractivity contribution in [3.63, 3.8) is 0 Å². The number of rotatable bonds is 6. The number of aliphatic hydroxyl groups is 1. The van der Waals surface area contributed by atoms with Crippen LogP contribution in [-0.2, 0) is 6.18 Å². The fourth-order valence-electron chi connectivity index (χ4n) is 3.68. The monoisotopic (exact) mass is 428 g/mol. The Morgan fingerprint density at radius 1 is 1.16 bits per heavy atom. The summed E-state index contributed by atoms with van der Waals surface area (Å²) in [5.41, 5.74) is 2.70. The summed E-state index contributed by atoms with van der Waals surface area (Å²) >= 11 is 0. The predicted molar refractivity (Wildman–Crippen MR) is 113 cm³/mol. The standard InChI is InChI=1S/C24H23F3N2O2/c1-14(10-11-30)28-23(31)17-6-9-19-20(15-2-3-15)13-21(29-22(19)12-17)16-4-7-18(8-5-16)24(25,26)27/h4-9,12-15,30H,2-3,10-11H2,1H3,(H,28,31)/t14-/m1/s1. The maximum absolute atomic E-state index is 12.9. The second-order valence-electron chi connectivity index (χ2n) is 8.06. The number of hydrogen-bond acceptors (Lipinski definition) is 3. The van der Waals surface area contributed by atoms with E-state index in [2.05, 4.69) is 10.3 Å². The van der Waals surface area contributed by atoms with Gasteiger partial charge in [0.25, 0.3) is 5.91 Å². The zero-order valence-electron chi connectivity index (χ0n) is 17.0. The second-order valence-corrected chi connectivity index (χ2v) is 8.06. The zero-order chi connectivity index (χ0) is 22.2. The third-order valence-corrected chi connectivity index (χ3v) is 5.57. The van der Waals surface area contributed by atoms with Crippen molar-refractivity contribution in [3.8, 4) is 11.3 Å². The Bertz CT molecular complexity index is 1110. The zero-order valence-corrected chi connectivity index (χ0v) is 17.0. The molecule has 1 saturated carbocycles. The molecule has 0 aliphatic heterocycles. The molecule has 1 aliphatic carbocycles. The maximum Gasteiger partial charge on any atom is 0.416 e. The maximum atomic E-state index is 12.9. The summed E-state index contributed by atoms with van der Waals surface area (Å²) in [5, 5.41) is 12.8. The van der Waals surface area contributed by atoms with Crippen molar-refractivity contribution < 1.29 is 23.1 Å². The average Bonchev–Trinajstić information content (AvgIpc) is 3.57. The number of halogens is 3. The number of fused-ring (bicyclic) bond motifs is 1. The van der Waals surface area contributed by atoms with Crippen LogP contribution in [-0.4, -0.2) is 28.6 Å². The molecule has 1 fully saturated rings. The molecule has 7 heteroatoms. The van der Waals surface area contributed by atoms with Gasteiger partial charge in [-0.25, -0.2) is 4.98 Å². The van der Waals surface area contributed by atoms with Crippen molar-refractivity contribution in [1.29, 1.82) is 0 Å². The number of hydrogen-bond donors (Lipinski definition) is 2. The molecule has 4 rings (SSSR count). The molecule has 2 N–H and O–H groups in total. The van der Waals surface area contributed by atoms with Crippen LogP contribution in [0, 0.1) is 0 Å². The van der Waals surface area contributed by atoms with Gasteiger partial charge in [-0.05, 0) is 68.0 Å². The van der Waals surface area contributed by atoms with Gasteiger partial charge in [0.2, 0.25) is 0 Å². The van der Waals surface area contributed by atoms with Gasteiger partial charge in [0.05, 0.1) is 16.8 Å². The first kappa shape index (κ1) is 21.3. The van der Waals surface area contributed by atoms with E-state index in [1.165, 1.54) is 12.1 Å². The van der Waals surface area contributed by atoms with Crippen molar-refractivity contribution in [1.82, 2.24) is 10.3 Å². The molecule has 162 valence electrons. The SMILES string of the molecule is C[C@H](CCO)NC(=O)c1ccc2c(C3CC3)cc(-c3ccc(C(F)(F)F)cc3)nc2c1. The Kier molecular flexibility index (Phi) is 5.71. The molecule has 3 aromatic rings. The number of carbonyl (C=O) groups excluding carboxylic acids is 1. The van der Waals surface area contributed by atoms with Crippen LogP contribution in [0.2, 0.25) is 0 Å². The van der Waals surface area contributed by atoms with E-state index in [-0.39, 0.29) is 18.6 Å². The lowest BCUT2D eigenvalue weighted by Gasteiger charge is -2.14. The summed E-state index contributed by atoms with van der Waals surface area (Å²) in [6.07, 6.45) is -1.80. The molecule has 4 nitrogen and oxygen atoms in total. The van der Waals surface area contributed by atoms with Crippen LogP contribution >= 0.6 is 0 Å². The number of nitrogens with one attached hydrogen (secondary N) is 1. The topological polar surface area (TPSA) is 62.2 Å². The van der Waals surface area contributed by atoms with Gasteiger partial charge in [-0.1, -0.05) is 18.2 Å². The normalized spacial score (nSPS) is 15.1. The number of alkyl halides is 3. The van der Waals surface area contributed by atoms with Crippen LogP contribution in [0.25, 0.3) is 22.2 Å². The molecule has 0 saturated heterocycles. The van der Waals surface area contributed by atoms with Gasteiger partial charge >= 0.3 is 6.18 Å². The van der Waals surface area contributed by atoms with Crippen LogP contribution in [0.3, 0.4) is 0 Å². The minimum Gasteiger partial charge on any atom is -0.396 e. The minimum absolute atomic E-state index is 0.0119. The lowest BCUT2D eigenvalue weighted by molar-refractivity contribution is -0.137. The number of pyridine rings is 1. The Morgan fingerprint density at radius 2 is 1.87 bits per heavy atom. The van der Waals surface area contributed by atoms with Crippen LogP contribution in [0.15, 0.2) is 48.5 Å². The summed E-state index contributed by atoms with van der Waals surface area (Å²) in [7, 11) is 0. The van der Waals surface area contributed by atoms with E-state index in [0.29, 0.717) is 34.7 Å². The molecular weight excluding hydrogens is 405 g/mol. The third-order valence-electron chi connectivity index (χ3n) is 5.57. The highest BCUT2D eigenvalue weighted by Gasteiger charge is 2.30. The molecule has 0 spiro atoms. The second kappa shape index (κ2) is 8.30. The van der Waals surface area contributed by atoms with Gasteiger partial charge in [0, 0.05) is 29.2 Å². The molecule has 0 unspecified atom stereocenters. The first-order chi connectivity index (χ1) is 14.8. The van der Waals surface area contributed by atoms with Crippen molar-refractivity contribution in [2.45, 2.75) is 44.3 Å². The number of amides is 1. The quantitative estimate of drug-likeness (QED) is 0.560. The van der Waals surface area contributed by atoms with Gasteiger partial charge in [0.1, 0.15) is 0 Å². The number of aromatic nitrogens is 1. The van der Waals surface area contributed by atoms with Crippen LogP contribution < -0.4 is 5.32 Å². The van der Waals surface area contributed by atoms with E-state index in [4.69, 9.17) is 5.11 Å². The van der Waals surface area contributed by atoms with Crippen molar-refractivity contribution >= 4 is 16.8 Å². The smallest absolute Gasteiger partial charge is 0.396 e. The Morgan fingerprint density at radius 3 is 2.48 bits per heavy atom. The summed E-state index contributed by atoms with van der Waals surface area (Å²) in [6, 6.07) is 12.1. The fraction of sp³-hybridized carbons (Fsp3) is 0.333. The highest BCUT2D eigenvalue weighted by Crippen LogP contribution is 2.44. The summed E-state index contributed by atoms with van der Waals surface area (Å²) in [5.74, 6) is 0.153. The average molecular weight is 428 g/mol. The van der Waals surface area contributed by atoms with Gasteiger partial charge in [-0.2, -0.15) is 13.2 Å². The number of nitrogens with zero attached hydrogens (tertiary/aromatic N) is 1. The van der Waals surface area contributed by atoms with Gasteiger partial charge in [0.15, 0.2) is 0 Å². The molecule has 1 amide bonds. The van der Waals surface area contributed by atoms with E-state index in [9.17, 15) is 18.0 Å². The van der Waals surface area contributed by atoms with Gasteiger partial charge in [-0.15, -0.1) is 0 Å².